The van der Waals surface area contributed by atoms with Gasteiger partial charge in [-0.1, -0.05) is 24.6 Å². The second kappa shape index (κ2) is 3.79. The monoisotopic (exact) mass is 235 g/mol. The Kier molecular flexibility index (Phi) is 2.41. The number of aromatic amines is 1. The molecule has 0 saturated heterocycles. The number of quaternary nitrogens is 1. The van der Waals surface area contributed by atoms with Crippen molar-refractivity contribution in [3.63, 3.8) is 0 Å². The molecule has 3 rings (SSSR count). The highest BCUT2D eigenvalue weighted by atomic mass is 35.5. The minimum atomic E-state index is 0.584. The van der Waals surface area contributed by atoms with Crippen LogP contribution < -0.4 is 5.32 Å². The lowest BCUT2D eigenvalue weighted by atomic mass is 10.0. The molecule has 3 N–H and O–H groups in total. The Labute approximate surface area is 100.0 Å². The van der Waals surface area contributed by atoms with Crippen molar-refractivity contribution in [3.8, 4) is 0 Å². The fourth-order valence-corrected chi connectivity index (χ4v) is 2.99. The van der Waals surface area contributed by atoms with Gasteiger partial charge in [-0.3, -0.25) is 0 Å². The molecule has 0 bridgehead atoms. The van der Waals surface area contributed by atoms with E-state index in [-0.39, 0.29) is 0 Å². The molecule has 84 valence electrons. The first-order valence-electron chi connectivity index (χ1n) is 5.88. The normalized spacial score (nSPS) is 20.8. The lowest BCUT2D eigenvalue weighted by molar-refractivity contribution is -0.655. The van der Waals surface area contributed by atoms with Crippen molar-refractivity contribution >= 4 is 22.5 Å². The smallest absolute Gasteiger partial charge is 0.0836 e. The number of benzene rings is 1. The van der Waals surface area contributed by atoms with E-state index in [0.29, 0.717) is 5.92 Å². The number of rotatable bonds is 0. The Balaban J connectivity index is 2.31. The average molecular weight is 236 g/mol. The molecule has 3 heteroatoms. The highest BCUT2D eigenvalue weighted by Crippen LogP contribution is 2.33. The number of hydrogen-bond acceptors (Lipinski definition) is 0. The molecule has 0 unspecified atom stereocenters. The van der Waals surface area contributed by atoms with Crippen molar-refractivity contribution in [2.24, 2.45) is 0 Å². The first kappa shape index (κ1) is 10.2. The van der Waals surface area contributed by atoms with Crippen molar-refractivity contribution in [1.29, 1.82) is 0 Å². The quantitative estimate of drug-likeness (QED) is 0.701. The summed E-state index contributed by atoms with van der Waals surface area (Å²) in [6.07, 6.45) is 1.11. The lowest BCUT2D eigenvalue weighted by Gasteiger charge is -2.04. The van der Waals surface area contributed by atoms with Crippen LogP contribution in [0.3, 0.4) is 0 Å². The fraction of sp³-hybridized carbons (Fsp3) is 0.385. The summed E-state index contributed by atoms with van der Waals surface area (Å²) in [4.78, 5) is 3.54. The SMILES string of the molecule is C[C@@H]1C[NH2+]CCc2c1[nH]c1cccc(Cl)c21. The summed E-state index contributed by atoms with van der Waals surface area (Å²) in [5.41, 5.74) is 4.00. The minimum Gasteiger partial charge on any atom is -0.358 e. The molecular weight excluding hydrogens is 220 g/mol. The minimum absolute atomic E-state index is 0.584. The number of hydrogen-bond donors (Lipinski definition) is 2. The number of aromatic nitrogens is 1. The first-order chi connectivity index (χ1) is 7.77. The molecule has 1 aromatic carbocycles. The second-order valence-electron chi connectivity index (χ2n) is 4.64. The summed E-state index contributed by atoms with van der Waals surface area (Å²) < 4.78 is 0. The van der Waals surface area contributed by atoms with Gasteiger partial charge in [0.15, 0.2) is 0 Å². The van der Waals surface area contributed by atoms with Crippen molar-refractivity contribution in [2.75, 3.05) is 13.1 Å². The molecule has 0 spiro atoms. The molecule has 2 heterocycles. The van der Waals surface area contributed by atoms with Gasteiger partial charge in [-0.25, -0.2) is 0 Å². The maximum absolute atomic E-state index is 6.31. The van der Waals surface area contributed by atoms with Crippen molar-refractivity contribution < 1.29 is 5.32 Å². The van der Waals surface area contributed by atoms with Gasteiger partial charge >= 0.3 is 0 Å². The maximum Gasteiger partial charge on any atom is 0.0836 e. The van der Waals surface area contributed by atoms with Gasteiger partial charge in [0.05, 0.1) is 18.1 Å². The van der Waals surface area contributed by atoms with Crippen LogP contribution in [0.1, 0.15) is 24.1 Å². The van der Waals surface area contributed by atoms with Crippen molar-refractivity contribution in [3.05, 3.63) is 34.5 Å². The zero-order valence-corrected chi connectivity index (χ0v) is 10.1. The highest BCUT2D eigenvalue weighted by molar-refractivity contribution is 6.35. The van der Waals surface area contributed by atoms with E-state index in [1.165, 1.54) is 22.2 Å². The zero-order valence-electron chi connectivity index (χ0n) is 9.39. The molecule has 1 aromatic heterocycles. The van der Waals surface area contributed by atoms with Crippen LogP contribution in [0.2, 0.25) is 5.02 Å². The van der Waals surface area contributed by atoms with E-state index in [1.54, 1.807) is 0 Å². The number of halogens is 1. The zero-order chi connectivity index (χ0) is 11.1. The molecule has 0 amide bonds. The van der Waals surface area contributed by atoms with Gasteiger partial charge in [0.25, 0.3) is 0 Å². The molecule has 2 nitrogen and oxygen atoms in total. The molecule has 0 fully saturated rings. The van der Waals surface area contributed by atoms with E-state index in [0.717, 1.165) is 24.5 Å². The van der Waals surface area contributed by atoms with Crippen LogP contribution in [0, 0.1) is 0 Å². The van der Waals surface area contributed by atoms with Crippen LogP contribution >= 0.6 is 11.6 Å². The Morgan fingerprint density at radius 1 is 1.44 bits per heavy atom. The third-order valence-corrected chi connectivity index (χ3v) is 3.84. The number of fused-ring (bicyclic) bond motifs is 3. The van der Waals surface area contributed by atoms with Crippen molar-refractivity contribution in [2.45, 2.75) is 19.3 Å². The predicted molar refractivity (Wildman–Crippen MR) is 67.1 cm³/mol. The Hall–Kier alpha value is -0.990. The Morgan fingerprint density at radius 3 is 3.19 bits per heavy atom. The van der Waals surface area contributed by atoms with Crippen LogP contribution in [-0.4, -0.2) is 18.1 Å². The number of nitrogens with two attached hydrogens (primary N) is 1. The van der Waals surface area contributed by atoms with E-state index in [2.05, 4.69) is 23.3 Å². The molecular formula is C13H16ClN2+. The molecule has 0 radical (unpaired) electrons. The summed E-state index contributed by atoms with van der Waals surface area (Å²) in [6, 6.07) is 6.11. The van der Waals surface area contributed by atoms with E-state index in [9.17, 15) is 0 Å². The van der Waals surface area contributed by atoms with Crippen LogP contribution in [0.15, 0.2) is 18.2 Å². The Morgan fingerprint density at radius 2 is 2.31 bits per heavy atom. The standard InChI is InChI=1S/C13H15ClN2/c1-8-7-15-6-5-9-12-10(14)3-2-4-11(12)16-13(8)9/h2-4,8,15-16H,5-7H2,1H3/p+1/t8-/m1/s1. The number of nitrogens with one attached hydrogen (secondary N) is 1. The Bertz CT molecular complexity index is 530. The van der Waals surface area contributed by atoms with E-state index in [1.807, 2.05) is 12.1 Å². The summed E-state index contributed by atoms with van der Waals surface area (Å²) >= 11 is 6.31. The maximum atomic E-state index is 6.31. The fourth-order valence-electron chi connectivity index (χ4n) is 2.70. The van der Waals surface area contributed by atoms with Gasteiger partial charge < -0.3 is 10.3 Å². The summed E-state index contributed by atoms with van der Waals surface area (Å²) in [5, 5.41) is 4.51. The summed E-state index contributed by atoms with van der Waals surface area (Å²) in [7, 11) is 0. The molecule has 1 atom stereocenters. The third kappa shape index (κ3) is 1.45. The van der Waals surface area contributed by atoms with E-state index >= 15 is 0 Å². The topological polar surface area (TPSA) is 32.4 Å². The number of H-pyrrole nitrogens is 1. The van der Waals surface area contributed by atoms with Gasteiger partial charge in [0.1, 0.15) is 0 Å². The van der Waals surface area contributed by atoms with Gasteiger partial charge in [0.2, 0.25) is 0 Å². The second-order valence-corrected chi connectivity index (χ2v) is 5.05. The largest absolute Gasteiger partial charge is 0.358 e. The highest BCUT2D eigenvalue weighted by Gasteiger charge is 2.22. The molecule has 1 aliphatic rings. The van der Waals surface area contributed by atoms with E-state index < -0.39 is 0 Å². The van der Waals surface area contributed by atoms with Crippen LogP contribution in [0.4, 0.5) is 0 Å². The van der Waals surface area contributed by atoms with Gasteiger partial charge in [-0.15, -0.1) is 0 Å². The van der Waals surface area contributed by atoms with Crippen LogP contribution in [0.25, 0.3) is 10.9 Å². The van der Waals surface area contributed by atoms with Crippen LogP contribution in [0.5, 0.6) is 0 Å². The predicted octanol–water partition coefficient (Wildman–Crippen LogP) is 2.04. The third-order valence-electron chi connectivity index (χ3n) is 3.52. The van der Waals surface area contributed by atoms with Gasteiger partial charge in [0, 0.05) is 28.9 Å². The average Bonchev–Trinajstić information content (AvgIpc) is 2.56. The van der Waals surface area contributed by atoms with E-state index in [4.69, 9.17) is 11.6 Å². The van der Waals surface area contributed by atoms with Crippen LogP contribution in [-0.2, 0) is 6.42 Å². The molecule has 0 saturated carbocycles. The molecule has 2 aromatic rings. The first-order valence-corrected chi connectivity index (χ1v) is 6.26. The van der Waals surface area contributed by atoms with Crippen molar-refractivity contribution in [1.82, 2.24) is 4.98 Å². The molecule has 1 aliphatic heterocycles. The van der Waals surface area contributed by atoms with Gasteiger partial charge in [-0.05, 0) is 17.7 Å². The lowest BCUT2D eigenvalue weighted by Crippen LogP contribution is -2.85. The summed E-state index contributed by atoms with van der Waals surface area (Å²) in [6.45, 7) is 4.61. The van der Waals surface area contributed by atoms with Gasteiger partial charge in [-0.2, -0.15) is 0 Å². The summed E-state index contributed by atoms with van der Waals surface area (Å²) in [5.74, 6) is 0.584. The molecule has 0 aliphatic carbocycles. The molecule has 16 heavy (non-hydrogen) atoms.